The summed E-state index contributed by atoms with van der Waals surface area (Å²) in [6, 6.07) is 4.40. The fourth-order valence-electron chi connectivity index (χ4n) is 5.23. The van der Waals surface area contributed by atoms with E-state index in [1.54, 1.807) is 18.5 Å². The number of likely N-dealkylation sites (tertiary alicyclic amines) is 1. The van der Waals surface area contributed by atoms with Gasteiger partial charge in [0.15, 0.2) is 0 Å². The first-order chi connectivity index (χ1) is 16.8. The molecular formula is C25H28ClF3N4O2. The van der Waals surface area contributed by atoms with Crippen molar-refractivity contribution in [3.05, 3.63) is 47.0 Å². The van der Waals surface area contributed by atoms with Crippen LogP contribution in [0.25, 0.3) is 0 Å². The van der Waals surface area contributed by atoms with E-state index in [1.165, 1.54) is 18.6 Å². The van der Waals surface area contributed by atoms with Crippen LogP contribution in [0.1, 0.15) is 31.2 Å². The molecule has 35 heavy (non-hydrogen) atoms. The van der Waals surface area contributed by atoms with Crippen LogP contribution >= 0.6 is 11.6 Å². The van der Waals surface area contributed by atoms with Crippen LogP contribution in [0.5, 0.6) is 5.75 Å². The number of ether oxygens (including phenoxy) is 1. The second-order valence-electron chi connectivity index (χ2n) is 9.86. The van der Waals surface area contributed by atoms with Crippen molar-refractivity contribution in [2.75, 3.05) is 37.7 Å². The van der Waals surface area contributed by atoms with E-state index in [4.69, 9.17) is 16.3 Å². The van der Waals surface area contributed by atoms with Crippen LogP contribution in [0.2, 0.25) is 5.02 Å². The van der Waals surface area contributed by atoms with Crippen molar-refractivity contribution in [3.63, 3.8) is 0 Å². The summed E-state index contributed by atoms with van der Waals surface area (Å²) in [5, 5.41) is 0.539. The number of carbonyl (C=O) groups is 1. The summed E-state index contributed by atoms with van der Waals surface area (Å²) in [6.45, 7) is 1.22. The van der Waals surface area contributed by atoms with E-state index < -0.39 is 30.7 Å². The zero-order valence-electron chi connectivity index (χ0n) is 19.3. The molecule has 3 heterocycles. The molecule has 0 unspecified atom stereocenters. The van der Waals surface area contributed by atoms with Crippen LogP contribution < -0.4 is 9.64 Å². The highest BCUT2D eigenvalue weighted by Crippen LogP contribution is 2.49. The number of rotatable bonds is 8. The summed E-state index contributed by atoms with van der Waals surface area (Å²) in [4.78, 5) is 23.9. The first-order valence-electron chi connectivity index (χ1n) is 12.1. The van der Waals surface area contributed by atoms with Gasteiger partial charge < -0.3 is 14.5 Å². The van der Waals surface area contributed by atoms with Crippen LogP contribution in [0.15, 0.2) is 30.6 Å². The molecule has 0 radical (unpaired) electrons. The minimum Gasteiger partial charge on any atom is -0.493 e. The molecule has 1 aromatic carbocycles. The molecule has 6 nitrogen and oxygen atoms in total. The van der Waals surface area contributed by atoms with Gasteiger partial charge in [0, 0.05) is 19.2 Å². The minimum absolute atomic E-state index is 0.190. The van der Waals surface area contributed by atoms with Gasteiger partial charge in [-0.25, -0.2) is 23.1 Å². The van der Waals surface area contributed by atoms with Crippen molar-refractivity contribution < 1.29 is 22.7 Å². The molecule has 1 aromatic heterocycles. The second-order valence-corrected chi connectivity index (χ2v) is 10.3. The Kier molecular flexibility index (Phi) is 6.79. The van der Waals surface area contributed by atoms with Gasteiger partial charge in [-0.05, 0) is 55.1 Å². The lowest BCUT2D eigenvalue weighted by Crippen LogP contribution is -2.58. The smallest absolute Gasteiger partial charge is 0.282 e. The summed E-state index contributed by atoms with van der Waals surface area (Å²) in [5.41, 5.74) is 0.190. The lowest BCUT2D eigenvalue weighted by atomic mass is 9.90. The van der Waals surface area contributed by atoms with Crippen molar-refractivity contribution in [3.8, 4) is 5.75 Å². The lowest BCUT2D eigenvalue weighted by Gasteiger charge is -2.38. The number of hydrogen-bond acceptors (Lipinski definition) is 5. The number of carbonyl (C=O) groups excluding carboxylic acids is 1. The molecular weight excluding hydrogens is 481 g/mol. The number of halogens is 4. The van der Waals surface area contributed by atoms with E-state index in [0.717, 1.165) is 43.2 Å². The quantitative estimate of drug-likeness (QED) is 0.521. The zero-order chi connectivity index (χ0) is 24.6. The summed E-state index contributed by atoms with van der Waals surface area (Å²) in [5.74, 6) is -0.666. The Balaban J connectivity index is 1.02. The zero-order valence-corrected chi connectivity index (χ0v) is 20.1. The molecule has 2 aromatic rings. The molecule has 2 aliphatic heterocycles. The molecule has 2 saturated heterocycles. The summed E-state index contributed by atoms with van der Waals surface area (Å²) in [7, 11) is 0. The van der Waals surface area contributed by atoms with Gasteiger partial charge in [0.1, 0.15) is 11.6 Å². The van der Waals surface area contributed by atoms with Crippen molar-refractivity contribution in [1.29, 1.82) is 0 Å². The highest BCUT2D eigenvalue weighted by molar-refractivity contribution is 6.30. The average molecular weight is 509 g/mol. The van der Waals surface area contributed by atoms with Crippen LogP contribution in [-0.4, -0.2) is 59.5 Å². The largest absolute Gasteiger partial charge is 0.493 e. The number of amides is 1. The van der Waals surface area contributed by atoms with Crippen LogP contribution in [-0.2, 0) is 11.2 Å². The summed E-state index contributed by atoms with van der Waals surface area (Å²) < 4.78 is 46.0. The van der Waals surface area contributed by atoms with Crippen molar-refractivity contribution in [1.82, 2.24) is 14.9 Å². The van der Waals surface area contributed by atoms with Gasteiger partial charge in [-0.1, -0.05) is 17.7 Å². The molecule has 0 spiro atoms. The molecule has 1 amide bonds. The van der Waals surface area contributed by atoms with Gasteiger partial charge in [0.25, 0.3) is 5.92 Å². The normalized spacial score (nSPS) is 23.7. The SMILES string of the molecule is O=C(Cc1ccc(OCC[C@@H]2C[C@@H]2C2CCN(c3ncc(Cl)cn3)CC2)cc1F)N1CC(F)(F)C1. The fourth-order valence-corrected chi connectivity index (χ4v) is 5.33. The fraction of sp³-hybridized carbons (Fsp3) is 0.560. The molecule has 3 aliphatic rings. The number of aromatic nitrogens is 2. The summed E-state index contributed by atoms with van der Waals surface area (Å²) >= 11 is 5.87. The first kappa shape index (κ1) is 24.2. The number of benzene rings is 1. The molecule has 188 valence electrons. The standard InChI is InChI=1S/C25H28ClF3N4O2/c26-19-12-30-24(31-13-19)32-6-3-16(4-7-32)21-9-17(21)5-8-35-20-2-1-18(22(27)11-20)10-23(34)33-14-25(28,29)15-33/h1-2,11-13,16-17,21H,3-10,14-15H2/t17-,21-/m1/s1. The second kappa shape index (κ2) is 9.84. The molecule has 5 rings (SSSR count). The number of hydrogen-bond donors (Lipinski definition) is 0. The maximum atomic E-state index is 14.4. The van der Waals surface area contributed by atoms with E-state index in [9.17, 15) is 18.0 Å². The van der Waals surface area contributed by atoms with Crippen molar-refractivity contribution >= 4 is 23.5 Å². The Hall–Kier alpha value is -2.55. The Morgan fingerprint density at radius 2 is 1.89 bits per heavy atom. The number of anilines is 1. The molecule has 1 aliphatic carbocycles. The Morgan fingerprint density at radius 3 is 2.54 bits per heavy atom. The number of alkyl halides is 2. The van der Waals surface area contributed by atoms with Crippen LogP contribution in [0.4, 0.5) is 19.1 Å². The molecule has 1 saturated carbocycles. The minimum atomic E-state index is -2.82. The average Bonchev–Trinajstić information content (AvgIpc) is 3.59. The van der Waals surface area contributed by atoms with E-state index in [0.29, 0.717) is 35.1 Å². The Labute approximate surface area is 207 Å². The monoisotopic (exact) mass is 508 g/mol. The summed E-state index contributed by atoms with van der Waals surface area (Å²) in [6.07, 6.45) is 7.40. The third-order valence-electron chi connectivity index (χ3n) is 7.33. The first-order valence-corrected chi connectivity index (χ1v) is 12.4. The maximum absolute atomic E-state index is 14.4. The van der Waals surface area contributed by atoms with E-state index in [-0.39, 0.29) is 12.0 Å². The van der Waals surface area contributed by atoms with E-state index in [2.05, 4.69) is 14.9 Å². The van der Waals surface area contributed by atoms with E-state index >= 15 is 0 Å². The van der Waals surface area contributed by atoms with Gasteiger partial charge in [-0.2, -0.15) is 0 Å². The number of nitrogens with zero attached hydrogens (tertiary/aromatic N) is 4. The van der Waals surface area contributed by atoms with Crippen molar-refractivity contribution in [2.24, 2.45) is 17.8 Å². The number of piperidine rings is 1. The Morgan fingerprint density at radius 1 is 1.17 bits per heavy atom. The van der Waals surface area contributed by atoms with Gasteiger partial charge in [-0.3, -0.25) is 4.79 Å². The Bertz CT molecular complexity index is 1060. The maximum Gasteiger partial charge on any atom is 0.282 e. The van der Waals surface area contributed by atoms with Gasteiger partial charge >= 0.3 is 0 Å². The van der Waals surface area contributed by atoms with E-state index in [1.807, 2.05) is 0 Å². The van der Waals surface area contributed by atoms with Crippen LogP contribution in [0.3, 0.4) is 0 Å². The van der Waals surface area contributed by atoms with Crippen molar-refractivity contribution in [2.45, 2.75) is 38.0 Å². The van der Waals surface area contributed by atoms with Gasteiger partial charge in [-0.15, -0.1) is 0 Å². The topological polar surface area (TPSA) is 58.6 Å². The molecule has 2 atom stereocenters. The van der Waals surface area contributed by atoms with Gasteiger partial charge in [0.2, 0.25) is 11.9 Å². The third kappa shape index (κ3) is 5.82. The highest BCUT2D eigenvalue weighted by Gasteiger charge is 2.46. The molecule has 3 fully saturated rings. The molecule has 0 bridgehead atoms. The van der Waals surface area contributed by atoms with Gasteiger partial charge in [0.05, 0.1) is 43.5 Å². The highest BCUT2D eigenvalue weighted by atomic mass is 35.5. The third-order valence-corrected chi connectivity index (χ3v) is 7.53. The molecule has 0 N–H and O–H groups in total. The predicted molar refractivity (Wildman–Crippen MR) is 125 cm³/mol. The lowest BCUT2D eigenvalue weighted by molar-refractivity contribution is -0.165. The molecule has 10 heteroatoms. The predicted octanol–water partition coefficient (Wildman–Crippen LogP) is 4.61. The van der Waals surface area contributed by atoms with Crippen LogP contribution in [0, 0.1) is 23.6 Å².